The van der Waals surface area contributed by atoms with Crippen molar-refractivity contribution in [3.05, 3.63) is 58.0 Å². The molecule has 0 fully saturated rings. The van der Waals surface area contributed by atoms with Crippen molar-refractivity contribution in [2.75, 3.05) is 7.11 Å². The largest absolute Gasteiger partial charge is 0.497 e. The van der Waals surface area contributed by atoms with Crippen LogP contribution in [0, 0.1) is 12.3 Å². The number of benzene rings is 1. The maximum absolute atomic E-state index is 12.9. The van der Waals surface area contributed by atoms with Crippen molar-refractivity contribution in [3.8, 4) is 11.4 Å². The summed E-state index contributed by atoms with van der Waals surface area (Å²) < 4.78 is 6.84. The molecule has 1 aromatic carbocycles. The van der Waals surface area contributed by atoms with Crippen LogP contribution < -0.4 is 10.1 Å². The van der Waals surface area contributed by atoms with Gasteiger partial charge in [0.15, 0.2) is 5.69 Å². The Kier molecular flexibility index (Phi) is 5.32. The first kappa shape index (κ1) is 19.1. The molecule has 1 amide bonds. The molecule has 6 nitrogen and oxygen atoms in total. The van der Waals surface area contributed by atoms with Crippen molar-refractivity contribution in [1.29, 1.82) is 0 Å². The Balaban J connectivity index is 1.86. The van der Waals surface area contributed by atoms with E-state index in [0.717, 1.165) is 16.3 Å². The molecule has 0 saturated carbocycles. The summed E-state index contributed by atoms with van der Waals surface area (Å²) >= 11 is 1.64. The molecule has 1 atom stereocenters. The van der Waals surface area contributed by atoms with E-state index in [1.165, 1.54) is 0 Å². The normalized spacial score (nSPS) is 12.6. The summed E-state index contributed by atoms with van der Waals surface area (Å²) in [7, 11) is 1.62. The van der Waals surface area contributed by atoms with Crippen LogP contribution in [0.3, 0.4) is 0 Å². The van der Waals surface area contributed by atoms with Crippen molar-refractivity contribution >= 4 is 17.2 Å². The molecule has 7 heteroatoms. The van der Waals surface area contributed by atoms with Crippen molar-refractivity contribution in [3.63, 3.8) is 0 Å². The van der Waals surface area contributed by atoms with E-state index < -0.39 is 0 Å². The van der Waals surface area contributed by atoms with Crippen LogP contribution >= 0.6 is 11.3 Å². The number of aromatic nitrogens is 3. The number of carbonyl (C=O) groups is 1. The number of amides is 1. The van der Waals surface area contributed by atoms with Gasteiger partial charge in [0.2, 0.25) is 0 Å². The van der Waals surface area contributed by atoms with Crippen molar-refractivity contribution < 1.29 is 9.53 Å². The molecule has 0 aliphatic heterocycles. The molecule has 0 aliphatic carbocycles. The number of ether oxygens (including phenoxy) is 1. The number of thiophene rings is 1. The van der Waals surface area contributed by atoms with Crippen molar-refractivity contribution in [2.24, 2.45) is 5.41 Å². The first-order valence-corrected chi connectivity index (χ1v) is 9.60. The van der Waals surface area contributed by atoms with E-state index in [1.807, 2.05) is 48.7 Å². The third-order valence-corrected chi connectivity index (χ3v) is 5.33. The van der Waals surface area contributed by atoms with Gasteiger partial charge < -0.3 is 10.1 Å². The SMILES string of the molecule is COc1ccc(-n2nnc(C(=O)NC(c3cccs3)C(C)(C)C)c2C)cc1. The van der Waals surface area contributed by atoms with Gasteiger partial charge in [-0.25, -0.2) is 4.68 Å². The van der Waals surface area contributed by atoms with Gasteiger partial charge in [0.1, 0.15) is 5.75 Å². The molecule has 1 unspecified atom stereocenters. The summed E-state index contributed by atoms with van der Waals surface area (Å²) in [5.41, 5.74) is 1.72. The molecule has 2 aromatic heterocycles. The van der Waals surface area contributed by atoms with E-state index in [1.54, 1.807) is 23.1 Å². The maximum Gasteiger partial charge on any atom is 0.274 e. The molecule has 142 valence electrons. The van der Waals surface area contributed by atoms with Crippen LogP contribution in [0.5, 0.6) is 5.75 Å². The lowest BCUT2D eigenvalue weighted by Crippen LogP contribution is -2.36. The number of nitrogens with one attached hydrogen (secondary N) is 1. The lowest BCUT2D eigenvalue weighted by molar-refractivity contribution is 0.0897. The van der Waals surface area contributed by atoms with Gasteiger partial charge >= 0.3 is 0 Å². The highest BCUT2D eigenvalue weighted by Gasteiger charge is 2.30. The van der Waals surface area contributed by atoms with Crippen LogP contribution in [0.15, 0.2) is 41.8 Å². The monoisotopic (exact) mass is 384 g/mol. The standard InChI is InChI=1S/C20H24N4O2S/c1-13-17(22-23-24(13)14-8-10-15(26-5)11-9-14)19(25)21-18(20(2,3)4)16-7-6-12-27-16/h6-12,18H,1-5H3,(H,21,25). The highest BCUT2D eigenvalue weighted by Crippen LogP contribution is 2.35. The highest BCUT2D eigenvalue weighted by atomic mass is 32.1. The Morgan fingerprint density at radius 2 is 1.93 bits per heavy atom. The lowest BCUT2D eigenvalue weighted by atomic mass is 9.85. The Bertz CT molecular complexity index is 909. The van der Waals surface area contributed by atoms with E-state index in [9.17, 15) is 4.79 Å². The first-order chi connectivity index (χ1) is 12.8. The van der Waals surface area contributed by atoms with Crippen LogP contribution in [-0.4, -0.2) is 28.0 Å². The van der Waals surface area contributed by atoms with Crippen LogP contribution in [0.25, 0.3) is 5.69 Å². The van der Waals surface area contributed by atoms with Gasteiger partial charge in [-0.15, -0.1) is 16.4 Å². The first-order valence-electron chi connectivity index (χ1n) is 8.72. The molecular weight excluding hydrogens is 360 g/mol. The number of methoxy groups -OCH3 is 1. The van der Waals surface area contributed by atoms with Crippen LogP contribution in [0.2, 0.25) is 0 Å². The average Bonchev–Trinajstić information content (AvgIpc) is 3.28. The number of carbonyl (C=O) groups excluding carboxylic acids is 1. The number of hydrogen-bond acceptors (Lipinski definition) is 5. The molecule has 0 saturated heterocycles. The Morgan fingerprint density at radius 1 is 1.22 bits per heavy atom. The summed E-state index contributed by atoms with van der Waals surface area (Å²) in [6, 6.07) is 11.4. The quantitative estimate of drug-likeness (QED) is 0.717. The number of hydrogen-bond donors (Lipinski definition) is 1. The van der Waals surface area contributed by atoms with E-state index in [4.69, 9.17) is 4.74 Å². The highest BCUT2D eigenvalue weighted by molar-refractivity contribution is 7.10. The van der Waals surface area contributed by atoms with Crippen molar-refractivity contribution in [1.82, 2.24) is 20.3 Å². The molecule has 0 aliphatic rings. The second-order valence-corrected chi connectivity index (χ2v) is 8.40. The molecule has 0 spiro atoms. The molecule has 1 N–H and O–H groups in total. The minimum atomic E-state index is -0.222. The molecule has 27 heavy (non-hydrogen) atoms. The summed E-state index contributed by atoms with van der Waals surface area (Å²) in [6.07, 6.45) is 0. The van der Waals surface area contributed by atoms with Crippen LogP contribution in [-0.2, 0) is 0 Å². The average molecular weight is 385 g/mol. The zero-order valence-corrected chi connectivity index (χ0v) is 17.0. The van der Waals surface area contributed by atoms with Crippen LogP contribution in [0.1, 0.15) is 47.9 Å². The van der Waals surface area contributed by atoms with E-state index in [0.29, 0.717) is 11.4 Å². The third kappa shape index (κ3) is 4.03. The van der Waals surface area contributed by atoms with E-state index in [2.05, 4.69) is 36.4 Å². The fourth-order valence-corrected chi connectivity index (χ4v) is 3.90. The Morgan fingerprint density at radius 3 is 2.48 bits per heavy atom. The molecule has 3 aromatic rings. The smallest absolute Gasteiger partial charge is 0.274 e. The van der Waals surface area contributed by atoms with Gasteiger partial charge in [0, 0.05) is 4.88 Å². The maximum atomic E-state index is 12.9. The van der Waals surface area contributed by atoms with Crippen molar-refractivity contribution in [2.45, 2.75) is 33.7 Å². The predicted molar refractivity (Wildman–Crippen MR) is 107 cm³/mol. The Hall–Kier alpha value is -2.67. The molecule has 3 rings (SSSR count). The van der Waals surface area contributed by atoms with Gasteiger partial charge in [0.25, 0.3) is 5.91 Å². The third-order valence-electron chi connectivity index (χ3n) is 4.40. The fourth-order valence-electron chi connectivity index (χ4n) is 2.88. The number of nitrogens with zero attached hydrogens (tertiary/aromatic N) is 3. The summed E-state index contributed by atoms with van der Waals surface area (Å²) in [5.74, 6) is 0.541. The summed E-state index contributed by atoms with van der Waals surface area (Å²) in [6.45, 7) is 8.17. The minimum Gasteiger partial charge on any atom is -0.497 e. The molecule has 0 bridgehead atoms. The second-order valence-electron chi connectivity index (χ2n) is 7.42. The zero-order chi connectivity index (χ0) is 19.6. The van der Waals surface area contributed by atoms with Gasteiger partial charge in [-0.3, -0.25) is 4.79 Å². The predicted octanol–water partition coefficient (Wildman–Crippen LogP) is 4.16. The van der Waals surface area contributed by atoms with Gasteiger partial charge in [-0.05, 0) is 48.1 Å². The number of rotatable bonds is 5. The van der Waals surface area contributed by atoms with E-state index in [-0.39, 0.29) is 17.4 Å². The minimum absolute atomic E-state index is 0.101. The van der Waals surface area contributed by atoms with E-state index >= 15 is 0 Å². The molecule has 0 radical (unpaired) electrons. The Labute approximate surface area is 163 Å². The fraction of sp³-hybridized carbons (Fsp3) is 0.350. The van der Waals surface area contributed by atoms with Crippen LogP contribution in [0.4, 0.5) is 0 Å². The zero-order valence-electron chi connectivity index (χ0n) is 16.2. The topological polar surface area (TPSA) is 69.0 Å². The van der Waals surface area contributed by atoms with Gasteiger partial charge in [-0.2, -0.15) is 0 Å². The van der Waals surface area contributed by atoms with Gasteiger partial charge in [0.05, 0.1) is 24.5 Å². The molecule has 2 heterocycles. The molecular formula is C20H24N4O2S. The summed E-state index contributed by atoms with van der Waals surface area (Å²) in [5, 5.41) is 13.4. The van der Waals surface area contributed by atoms with Gasteiger partial charge in [-0.1, -0.05) is 32.1 Å². The second kappa shape index (κ2) is 7.52. The summed E-state index contributed by atoms with van der Waals surface area (Å²) in [4.78, 5) is 14.0. The lowest BCUT2D eigenvalue weighted by Gasteiger charge is -2.30.